The second-order valence-corrected chi connectivity index (χ2v) is 5.13. The van der Waals surface area contributed by atoms with Crippen molar-refractivity contribution in [3.63, 3.8) is 0 Å². The van der Waals surface area contributed by atoms with Crippen LogP contribution in [0.25, 0.3) is 10.9 Å². The van der Waals surface area contributed by atoms with Crippen LogP contribution in [-0.2, 0) is 0 Å². The molecule has 0 spiro atoms. The van der Waals surface area contributed by atoms with E-state index in [0.29, 0.717) is 11.4 Å². The molecule has 18 heavy (non-hydrogen) atoms. The maximum atomic E-state index is 13.6. The molecule has 1 aromatic heterocycles. The SMILES string of the molecule is CN1CCCC(c2c[nH]c3c(F)c(F)ccc23)C1. The van der Waals surface area contributed by atoms with Gasteiger partial charge in [-0.2, -0.15) is 0 Å². The predicted molar refractivity (Wildman–Crippen MR) is 67.7 cm³/mol. The highest BCUT2D eigenvalue weighted by Gasteiger charge is 2.22. The van der Waals surface area contributed by atoms with E-state index in [1.165, 1.54) is 6.07 Å². The summed E-state index contributed by atoms with van der Waals surface area (Å²) in [6, 6.07) is 2.88. The molecule has 1 aliphatic heterocycles. The molecule has 0 radical (unpaired) electrons. The van der Waals surface area contributed by atoms with E-state index in [4.69, 9.17) is 0 Å². The van der Waals surface area contributed by atoms with Crippen LogP contribution in [0.5, 0.6) is 0 Å². The van der Waals surface area contributed by atoms with E-state index < -0.39 is 11.6 Å². The number of nitrogens with one attached hydrogen (secondary N) is 1. The van der Waals surface area contributed by atoms with Crippen LogP contribution in [0.2, 0.25) is 0 Å². The monoisotopic (exact) mass is 250 g/mol. The Morgan fingerprint density at radius 2 is 2.17 bits per heavy atom. The van der Waals surface area contributed by atoms with Crippen molar-refractivity contribution in [1.29, 1.82) is 0 Å². The zero-order valence-electron chi connectivity index (χ0n) is 10.3. The number of aromatic nitrogens is 1. The van der Waals surface area contributed by atoms with Gasteiger partial charge < -0.3 is 9.88 Å². The van der Waals surface area contributed by atoms with Crippen LogP contribution >= 0.6 is 0 Å². The van der Waals surface area contributed by atoms with Crippen molar-refractivity contribution in [2.24, 2.45) is 0 Å². The van der Waals surface area contributed by atoms with Gasteiger partial charge in [0, 0.05) is 18.1 Å². The number of H-pyrrole nitrogens is 1. The summed E-state index contributed by atoms with van der Waals surface area (Å²) in [6.45, 7) is 2.09. The third-order valence-electron chi connectivity index (χ3n) is 3.84. The molecular formula is C14H16F2N2. The largest absolute Gasteiger partial charge is 0.358 e. The zero-order valence-corrected chi connectivity index (χ0v) is 10.3. The van der Waals surface area contributed by atoms with Gasteiger partial charge in [-0.15, -0.1) is 0 Å². The molecule has 0 bridgehead atoms. The van der Waals surface area contributed by atoms with Gasteiger partial charge in [-0.25, -0.2) is 8.78 Å². The molecule has 3 rings (SSSR count). The van der Waals surface area contributed by atoms with Crippen molar-refractivity contribution >= 4 is 10.9 Å². The average Bonchev–Trinajstić information content (AvgIpc) is 2.78. The summed E-state index contributed by atoms with van der Waals surface area (Å²) < 4.78 is 26.8. The lowest BCUT2D eigenvalue weighted by molar-refractivity contribution is 0.251. The number of rotatable bonds is 1. The third-order valence-corrected chi connectivity index (χ3v) is 3.84. The van der Waals surface area contributed by atoms with E-state index in [9.17, 15) is 8.78 Å². The highest BCUT2D eigenvalue weighted by Crippen LogP contribution is 2.33. The molecule has 1 N–H and O–H groups in total. The van der Waals surface area contributed by atoms with Crippen LogP contribution in [0.4, 0.5) is 8.78 Å². The van der Waals surface area contributed by atoms with E-state index in [2.05, 4.69) is 16.9 Å². The fraction of sp³-hybridized carbons (Fsp3) is 0.429. The van der Waals surface area contributed by atoms with Gasteiger partial charge in [-0.05, 0) is 50.0 Å². The molecule has 1 aliphatic rings. The Kier molecular flexibility index (Phi) is 2.82. The summed E-state index contributed by atoms with van der Waals surface area (Å²) in [5.41, 5.74) is 1.40. The molecule has 2 nitrogen and oxygen atoms in total. The summed E-state index contributed by atoms with van der Waals surface area (Å²) in [6.07, 6.45) is 4.09. The number of halogens is 2. The molecule has 2 heterocycles. The summed E-state index contributed by atoms with van der Waals surface area (Å²) in [5, 5.41) is 0.814. The topological polar surface area (TPSA) is 19.0 Å². The maximum Gasteiger partial charge on any atom is 0.182 e. The Bertz CT molecular complexity index is 576. The number of piperidine rings is 1. The number of hydrogen-bond acceptors (Lipinski definition) is 1. The standard InChI is InChI=1S/C14H16F2N2/c1-18-6-2-3-9(8-18)11-7-17-14-10(11)4-5-12(15)13(14)16/h4-5,7,9,17H,2-3,6,8H2,1H3. The lowest BCUT2D eigenvalue weighted by Gasteiger charge is -2.29. The second kappa shape index (κ2) is 4.35. The minimum Gasteiger partial charge on any atom is -0.358 e. The molecule has 0 saturated carbocycles. The molecule has 1 aromatic carbocycles. The first-order valence-corrected chi connectivity index (χ1v) is 6.30. The van der Waals surface area contributed by atoms with Crippen molar-refractivity contribution in [3.8, 4) is 0 Å². The van der Waals surface area contributed by atoms with E-state index in [1.54, 1.807) is 6.07 Å². The molecule has 2 aromatic rings. The molecule has 1 fully saturated rings. The van der Waals surface area contributed by atoms with Crippen molar-refractivity contribution < 1.29 is 8.78 Å². The molecule has 0 aliphatic carbocycles. The van der Waals surface area contributed by atoms with Crippen LogP contribution in [0.1, 0.15) is 24.3 Å². The Morgan fingerprint density at radius 1 is 1.33 bits per heavy atom. The number of aromatic amines is 1. The normalized spacial score (nSPS) is 21.6. The summed E-state index contributed by atoms with van der Waals surface area (Å²) in [5.74, 6) is -1.16. The number of benzene rings is 1. The van der Waals surface area contributed by atoms with Gasteiger partial charge in [-0.3, -0.25) is 0 Å². The first-order chi connectivity index (χ1) is 8.66. The number of hydrogen-bond donors (Lipinski definition) is 1. The van der Waals surface area contributed by atoms with Crippen molar-refractivity contribution in [1.82, 2.24) is 9.88 Å². The molecule has 1 unspecified atom stereocenters. The van der Waals surface area contributed by atoms with Crippen LogP contribution in [-0.4, -0.2) is 30.0 Å². The van der Waals surface area contributed by atoms with Crippen molar-refractivity contribution in [3.05, 3.63) is 35.5 Å². The Labute approximate surface area is 105 Å². The molecule has 0 amide bonds. The highest BCUT2D eigenvalue weighted by atomic mass is 19.2. The minimum absolute atomic E-state index is 0.290. The van der Waals surface area contributed by atoms with Gasteiger partial charge in [0.25, 0.3) is 0 Å². The third kappa shape index (κ3) is 1.81. The second-order valence-electron chi connectivity index (χ2n) is 5.13. The smallest absolute Gasteiger partial charge is 0.182 e. The molecule has 1 atom stereocenters. The van der Waals surface area contributed by atoms with Crippen LogP contribution in [0.15, 0.2) is 18.3 Å². The van der Waals surface area contributed by atoms with Crippen LogP contribution < -0.4 is 0 Å². The van der Waals surface area contributed by atoms with E-state index in [1.807, 2.05) is 6.20 Å². The summed E-state index contributed by atoms with van der Waals surface area (Å²) in [4.78, 5) is 5.16. The summed E-state index contributed by atoms with van der Waals surface area (Å²) in [7, 11) is 2.10. The molecule has 1 saturated heterocycles. The Hall–Kier alpha value is -1.42. The fourth-order valence-electron chi connectivity index (χ4n) is 2.92. The Balaban J connectivity index is 2.05. The van der Waals surface area contributed by atoms with Gasteiger partial charge in [0.1, 0.15) is 0 Å². The Morgan fingerprint density at radius 3 is 2.94 bits per heavy atom. The van der Waals surface area contributed by atoms with E-state index >= 15 is 0 Å². The first kappa shape index (κ1) is 11.7. The van der Waals surface area contributed by atoms with Gasteiger partial charge in [0.05, 0.1) is 5.52 Å². The average molecular weight is 250 g/mol. The van der Waals surface area contributed by atoms with Crippen molar-refractivity contribution in [2.75, 3.05) is 20.1 Å². The minimum atomic E-state index is -0.795. The maximum absolute atomic E-state index is 13.6. The van der Waals surface area contributed by atoms with Gasteiger partial charge >= 0.3 is 0 Å². The van der Waals surface area contributed by atoms with Crippen LogP contribution in [0.3, 0.4) is 0 Å². The van der Waals surface area contributed by atoms with Crippen LogP contribution in [0, 0.1) is 11.6 Å². The predicted octanol–water partition coefficient (Wildman–Crippen LogP) is 3.26. The molecule has 4 heteroatoms. The van der Waals surface area contributed by atoms with Gasteiger partial charge in [0.15, 0.2) is 11.6 Å². The number of likely N-dealkylation sites (tertiary alicyclic amines) is 1. The highest BCUT2D eigenvalue weighted by molar-refractivity contribution is 5.84. The number of likely N-dealkylation sites (N-methyl/N-ethyl adjacent to an activating group) is 1. The molecular weight excluding hydrogens is 234 g/mol. The summed E-state index contributed by atoms with van der Waals surface area (Å²) >= 11 is 0. The molecule has 96 valence electrons. The zero-order chi connectivity index (χ0) is 12.7. The lowest BCUT2D eigenvalue weighted by atomic mass is 9.90. The number of nitrogens with zero attached hydrogens (tertiary/aromatic N) is 1. The van der Waals surface area contributed by atoms with Crippen molar-refractivity contribution in [2.45, 2.75) is 18.8 Å². The quantitative estimate of drug-likeness (QED) is 0.823. The van der Waals surface area contributed by atoms with Gasteiger partial charge in [-0.1, -0.05) is 0 Å². The van der Waals surface area contributed by atoms with Gasteiger partial charge in [0.2, 0.25) is 0 Å². The lowest BCUT2D eigenvalue weighted by Crippen LogP contribution is -2.30. The fourth-order valence-corrected chi connectivity index (χ4v) is 2.92. The number of fused-ring (bicyclic) bond motifs is 1. The van der Waals surface area contributed by atoms with E-state index in [0.717, 1.165) is 36.9 Å². The van der Waals surface area contributed by atoms with E-state index in [-0.39, 0.29) is 0 Å². The first-order valence-electron chi connectivity index (χ1n) is 6.30.